The molecule has 88 heavy (non-hydrogen) atoms. The first-order chi connectivity index (χ1) is 41.4. The standard InChI is InChI=1S/C51H75N13O24/c1-22(2-14-37(74)75)57-46(83)27(8-12-35(72)55-19-31(68)41(79)43(81)33(70)21-66)60-48(85)28(10-15-38(76)77)61-47(84)26(7-11-34(71)54-18-30(67)40(78)42(80)32(69)20-65)59-36(73)13-9-29(50(87)88)62-45(82)23-3-5-24(6-4-23)53-16-25-17-56-44-39(58-25)49(86)64-51(52)63-44/h3-6,17,22,26-33,40-43,53,65-70,78-81H,2,7-16,18-21H2,1H3,(H,54,71)(H,55,72)(H,57,83)(H,59,73)(H,60,85)(H,61,84)(H,62,82)(H,74,75)(H,76,77)(H,87,88)(H3,52,56,63,64,86)/t22-,26+,27+,28+,29+,30+,31+,32-,33-,40-,41-,42-,43-/m1/s1. The van der Waals surface area contributed by atoms with Crippen LogP contribution in [0.4, 0.5) is 11.6 Å². The number of amides is 7. The molecule has 0 aliphatic carbocycles. The van der Waals surface area contributed by atoms with Gasteiger partial charge in [0.1, 0.15) is 60.8 Å². The van der Waals surface area contributed by atoms with Crippen molar-refractivity contribution in [2.24, 2.45) is 0 Å². The van der Waals surface area contributed by atoms with Crippen LogP contribution in [0.3, 0.4) is 0 Å². The molecule has 0 saturated heterocycles. The molecule has 0 saturated carbocycles. The third-order valence-corrected chi connectivity index (χ3v) is 13.1. The molecule has 24 N–H and O–H groups in total. The highest BCUT2D eigenvalue weighted by Crippen LogP contribution is 2.15. The van der Waals surface area contributed by atoms with E-state index in [9.17, 15) is 104 Å². The molecule has 0 bridgehead atoms. The quantitative estimate of drug-likeness (QED) is 0.0251. The van der Waals surface area contributed by atoms with E-state index in [1.165, 1.54) is 37.4 Å². The van der Waals surface area contributed by atoms with Crippen molar-refractivity contribution in [3.63, 3.8) is 0 Å². The van der Waals surface area contributed by atoms with Crippen molar-refractivity contribution < 1.29 is 114 Å². The molecule has 2 aromatic heterocycles. The third-order valence-electron chi connectivity index (χ3n) is 13.1. The molecule has 37 heteroatoms. The molecule has 488 valence electrons. The van der Waals surface area contributed by atoms with E-state index in [0.29, 0.717) is 11.4 Å². The lowest BCUT2D eigenvalue weighted by Crippen LogP contribution is -2.57. The highest BCUT2D eigenvalue weighted by atomic mass is 16.4. The Morgan fingerprint density at radius 1 is 0.545 bits per heavy atom. The summed E-state index contributed by atoms with van der Waals surface area (Å²) in [5.41, 5.74) is 5.64. The number of aliphatic carboxylic acids is 3. The first kappa shape index (κ1) is 73.6. The van der Waals surface area contributed by atoms with Crippen LogP contribution in [0.1, 0.15) is 87.2 Å². The molecule has 0 unspecified atom stereocenters. The van der Waals surface area contributed by atoms with Gasteiger partial charge in [-0.05, 0) is 63.3 Å². The number of carboxylic acid groups (broad SMARTS) is 3. The largest absolute Gasteiger partial charge is 0.481 e. The molecular formula is C51H75N13O24. The molecule has 2 heterocycles. The maximum Gasteiger partial charge on any atom is 0.326 e. The monoisotopic (exact) mass is 1250 g/mol. The Morgan fingerprint density at radius 2 is 0.989 bits per heavy atom. The number of nitrogens with one attached hydrogen (secondary N) is 9. The Kier molecular flexibility index (Phi) is 30.5. The number of aromatic nitrogens is 4. The normalized spacial score (nSPS) is 15.8. The van der Waals surface area contributed by atoms with E-state index in [4.69, 9.17) is 21.1 Å². The summed E-state index contributed by atoms with van der Waals surface area (Å²) in [6.07, 6.45) is -20.7. The first-order valence-electron chi connectivity index (χ1n) is 27.2. The number of hydrogen-bond acceptors (Lipinski definition) is 26. The molecule has 0 radical (unpaired) electrons. The van der Waals surface area contributed by atoms with Crippen LogP contribution in [0.15, 0.2) is 35.3 Å². The minimum atomic E-state index is -2.10. The SMILES string of the molecule is C[C@H](CCC(=O)O)NC(=O)[C@H](CCC(=O)NC[C@H](O)[C@@H](O)[C@H](O)[C@H](O)CO)NC(=O)[C@H](CCC(=O)O)NC(=O)[C@H](CCC(=O)NC[C@H](O)[C@@H](O)[C@H](O)[C@H](O)CO)NC(=O)CC[C@H](NC(=O)c1ccc(NCc2cnc3nc(N)[nH]c(=O)c3n2)cc1)C(=O)O. The van der Waals surface area contributed by atoms with Gasteiger partial charge in [0.05, 0.1) is 43.9 Å². The minimum absolute atomic E-state index is 0.0217. The zero-order valence-corrected chi connectivity index (χ0v) is 47.2. The fourth-order valence-corrected chi connectivity index (χ4v) is 7.94. The fraction of sp³-hybridized carbons (Fsp3) is 0.569. The van der Waals surface area contributed by atoms with Crippen molar-refractivity contribution in [1.29, 1.82) is 0 Å². The maximum atomic E-state index is 14.1. The van der Waals surface area contributed by atoms with Gasteiger partial charge in [0, 0.05) is 62.5 Å². The van der Waals surface area contributed by atoms with Crippen molar-refractivity contribution in [2.45, 2.75) is 157 Å². The lowest BCUT2D eigenvalue weighted by molar-refractivity contribution is -0.140. The lowest BCUT2D eigenvalue weighted by atomic mass is 10.0. The predicted molar refractivity (Wildman–Crippen MR) is 298 cm³/mol. The van der Waals surface area contributed by atoms with Crippen molar-refractivity contribution in [1.82, 2.24) is 57.2 Å². The summed E-state index contributed by atoms with van der Waals surface area (Å²) < 4.78 is 0. The molecule has 0 aliphatic rings. The second kappa shape index (κ2) is 36.5. The number of aliphatic hydroxyl groups is 10. The molecule has 13 atom stereocenters. The van der Waals surface area contributed by atoms with Gasteiger partial charge < -0.3 is 115 Å². The number of rotatable bonds is 40. The fourth-order valence-electron chi connectivity index (χ4n) is 7.94. The zero-order valence-electron chi connectivity index (χ0n) is 47.2. The van der Waals surface area contributed by atoms with Crippen LogP contribution < -0.4 is 53.8 Å². The first-order valence-corrected chi connectivity index (χ1v) is 27.2. The van der Waals surface area contributed by atoms with Gasteiger partial charge in [-0.25, -0.2) is 14.8 Å². The van der Waals surface area contributed by atoms with Crippen LogP contribution in [0, 0.1) is 0 Å². The Morgan fingerprint density at radius 3 is 1.48 bits per heavy atom. The summed E-state index contributed by atoms with van der Waals surface area (Å²) in [6, 6.07) is -2.55. The van der Waals surface area contributed by atoms with Crippen molar-refractivity contribution in [2.75, 3.05) is 37.4 Å². The van der Waals surface area contributed by atoms with Gasteiger partial charge in [-0.2, -0.15) is 4.98 Å². The highest BCUT2D eigenvalue weighted by molar-refractivity contribution is 5.97. The average Bonchev–Trinajstić information content (AvgIpc) is 3.45. The molecule has 37 nitrogen and oxygen atoms in total. The maximum absolute atomic E-state index is 14.1. The summed E-state index contributed by atoms with van der Waals surface area (Å²) in [7, 11) is 0. The van der Waals surface area contributed by atoms with Crippen molar-refractivity contribution in [3.05, 3.63) is 52.1 Å². The second-order valence-corrected chi connectivity index (χ2v) is 20.1. The van der Waals surface area contributed by atoms with Crippen LogP contribution >= 0.6 is 0 Å². The van der Waals surface area contributed by atoms with Gasteiger partial charge in [-0.3, -0.25) is 52.9 Å². The average molecular weight is 1250 g/mol. The molecule has 3 aromatic rings. The van der Waals surface area contributed by atoms with E-state index in [0.717, 1.165) is 0 Å². The number of nitrogen functional groups attached to an aromatic ring is 1. The number of carboxylic acids is 3. The smallest absolute Gasteiger partial charge is 0.326 e. The highest BCUT2D eigenvalue weighted by Gasteiger charge is 2.34. The van der Waals surface area contributed by atoms with E-state index < -0.39 is 228 Å². The Labute approximate surface area is 498 Å². The number of aliphatic hydroxyl groups excluding tert-OH is 10. The van der Waals surface area contributed by atoms with Crippen LogP contribution in [0.5, 0.6) is 0 Å². The van der Waals surface area contributed by atoms with Gasteiger partial charge in [0.25, 0.3) is 11.5 Å². The molecule has 0 fully saturated rings. The van der Waals surface area contributed by atoms with E-state index in [-0.39, 0.29) is 35.6 Å². The summed E-state index contributed by atoms with van der Waals surface area (Å²) >= 11 is 0. The topological polar surface area (TPSA) is 627 Å². The summed E-state index contributed by atoms with van der Waals surface area (Å²) in [5.74, 6) is -12.0. The van der Waals surface area contributed by atoms with Crippen LogP contribution in [0.2, 0.25) is 0 Å². The van der Waals surface area contributed by atoms with Crippen molar-refractivity contribution in [3.8, 4) is 0 Å². The Hall–Kier alpha value is -8.66. The molecule has 1 aromatic carbocycles. The number of H-pyrrole nitrogens is 1. The lowest BCUT2D eigenvalue weighted by Gasteiger charge is -2.27. The van der Waals surface area contributed by atoms with Gasteiger partial charge in [-0.15, -0.1) is 0 Å². The number of fused-ring (bicyclic) bond motifs is 1. The van der Waals surface area contributed by atoms with Crippen LogP contribution in [0.25, 0.3) is 11.2 Å². The predicted octanol–water partition coefficient (Wildman–Crippen LogP) is -8.78. The molecular weight excluding hydrogens is 1180 g/mol. The van der Waals surface area contributed by atoms with E-state index in [1.54, 1.807) is 0 Å². The summed E-state index contributed by atoms with van der Waals surface area (Å²) in [4.78, 5) is 157. The zero-order chi connectivity index (χ0) is 65.9. The minimum Gasteiger partial charge on any atom is -0.481 e. The molecule has 0 aliphatic heterocycles. The summed E-state index contributed by atoms with van der Waals surface area (Å²) in [6.45, 7) is -2.09. The van der Waals surface area contributed by atoms with Gasteiger partial charge in [0.2, 0.25) is 41.4 Å². The number of benzene rings is 1. The van der Waals surface area contributed by atoms with Crippen LogP contribution in [-0.4, -0.2) is 251 Å². The Bertz CT molecular complexity index is 2920. The van der Waals surface area contributed by atoms with Gasteiger partial charge in [-0.1, -0.05) is 0 Å². The number of nitrogens with zero attached hydrogens (tertiary/aromatic N) is 3. The number of carbonyl (C=O) groups excluding carboxylic acids is 7. The van der Waals surface area contributed by atoms with Crippen molar-refractivity contribution >= 4 is 82.1 Å². The van der Waals surface area contributed by atoms with Gasteiger partial charge >= 0.3 is 17.9 Å². The van der Waals surface area contributed by atoms with Gasteiger partial charge in [0.15, 0.2) is 11.2 Å². The molecule has 0 spiro atoms. The third kappa shape index (κ3) is 25.0. The van der Waals surface area contributed by atoms with Crippen LogP contribution in [-0.2, 0) is 49.7 Å². The number of hydrogen-bond donors (Lipinski definition) is 23. The number of nitrogens with two attached hydrogens (primary N) is 1. The van der Waals surface area contributed by atoms with E-state index in [2.05, 4.69) is 62.5 Å². The number of carbonyl (C=O) groups is 10. The number of anilines is 2. The van der Waals surface area contributed by atoms with E-state index >= 15 is 0 Å². The second-order valence-electron chi connectivity index (χ2n) is 20.1. The molecule has 3 rings (SSSR count). The summed E-state index contributed by atoms with van der Waals surface area (Å²) in [5, 5.41) is 146. The molecule has 7 amide bonds. The van der Waals surface area contributed by atoms with E-state index in [1.807, 2.05) is 0 Å². The number of aromatic amines is 1. The Balaban J connectivity index is 1.83.